The zero-order valence-electron chi connectivity index (χ0n) is 16.9. The maximum atomic E-state index is 12.8. The van der Waals surface area contributed by atoms with Crippen molar-refractivity contribution in [2.45, 2.75) is 25.8 Å². The van der Waals surface area contributed by atoms with Crippen LogP contribution in [0.4, 0.5) is 5.95 Å². The Morgan fingerprint density at radius 1 is 1.32 bits per heavy atom. The van der Waals surface area contributed by atoms with Gasteiger partial charge in [-0.2, -0.15) is 4.98 Å². The van der Waals surface area contributed by atoms with Crippen LogP contribution in [0, 0.1) is 5.92 Å². The Labute approximate surface area is 183 Å². The van der Waals surface area contributed by atoms with Crippen LogP contribution >= 0.6 is 11.6 Å². The topological polar surface area (TPSA) is 97.7 Å². The van der Waals surface area contributed by atoms with Crippen molar-refractivity contribution in [3.63, 3.8) is 0 Å². The van der Waals surface area contributed by atoms with Gasteiger partial charge in [-0.3, -0.25) is 9.36 Å². The van der Waals surface area contributed by atoms with Gasteiger partial charge in [0.15, 0.2) is 0 Å². The molecule has 1 saturated carbocycles. The minimum absolute atomic E-state index is 0.186. The molecule has 0 unspecified atom stereocenters. The predicted molar refractivity (Wildman–Crippen MR) is 119 cm³/mol. The molecule has 31 heavy (non-hydrogen) atoms. The van der Waals surface area contributed by atoms with Crippen LogP contribution in [0.5, 0.6) is 5.75 Å². The molecule has 3 aromatic heterocycles. The quantitative estimate of drug-likeness (QED) is 0.452. The highest BCUT2D eigenvalue weighted by molar-refractivity contribution is 6.32. The Morgan fingerprint density at radius 2 is 2.19 bits per heavy atom. The first-order valence-electron chi connectivity index (χ1n) is 10.1. The first-order valence-corrected chi connectivity index (χ1v) is 10.5. The molecule has 0 spiro atoms. The maximum Gasteiger partial charge on any atom is 0.253 e. The fourth-order valence-electron chi connectivity index (χ4n) is 3.38. The molecule has 0 saturated heterocycles. The van der Waals surface area contributed by atoms with Gasteiger partial charge in [0.1, 0.15) is 17.9 Å². The van der Waals surface area contributed by atoms with E-state index in [4.69, 9.17) is 16.3 Å². The molecular weight excluding hydrogens is 416 g/mol. The van der Waals surface area contributed by atoms with Crippen LogP contribution in [0.2, 0.25) is 5.02 Å². The second-order valence-corrected chi connectivity index (χ2v) is 8.16. The first-order chi connectivity index (χ1) is 15.1. The standard InChI is InChI=1S/C22H21ClN6O2/c1-13(26-22-25-5-4-20(28-22)29-7-6-24-12-29)16-8-15-9-17(23)19(31-11-14-2-3-14)10-18(15)27-21(16)30/h4-10,12-14H,2-3,11H2,1H3,(H,27,30)(H,25,26,28)/t13-/m0/s1. The van der Waals surface area contributed by atoms with E-state index >= 15 is 0 Å². The van der Waals surface area contributed by atoms with E-state index in [0.717, 1.165) is 5.39 Å². The fourth-order valence-corrected chi connectivity index (χ4v) is 3.60. The number of anilines is 1. The number of nitrogens with one attached hydrogen (secondary N) is 2. The number of fused-ring (bicyclic) bond motifs is 1. The molecule has 1 atom stereocenters. The molecule has 1 fully saturated rings. The molecular formula is C22H21ClN6O2. The summed E-state index contributed by atoms with van der Waals surface area (Å²) in [6.07, 6.45) is 9.20. The number of rotatable bonds is 7. The molecule has 5 rings (SSSR count). The van der Waals surface area contributed by atoms with Gasteiger partial charge >= 0.3 is 0 Å². The third-order valence-electron chi connectivity index (χ3n) is 5.32. The van der Waals surface area contributed by atoms with Gasteiger partial charge in [-0.1, -0.05) is 11.6 Å². The molecule has 1 aliphatic rings. The smallest absolute Gasteiger partial charge is 0.253 e. The lowest BCUT2D eigenvalue weighted by molar-refractivity contribution is 0.300. The maximum absolute atomic E-state index is 12.8. The molecule has 3 heterocycles. The highest BCUT2D eigenvalue weighted by Crippen LogP contribution is 2.33. The van der Waals surface area contributed by atoms with E-state index < -0.39 is 0 Å². The van der Waals surface area contributed by atoms with E-state index in [1.807, 2.05) is 19.1 Å². The Kier molecular flexibility index (Phi) is 5.07. The number of H-pyrrole nitrogens is 1. The van der Waals surface area contributed by atoms with Crippen molar-refractivity contribution in [2.24, 2.45) is 5.92 Å². The molecule has 0 aliphatic heterocycles. The number of pyridine rings is 1. The minimum Gasteiger partial charge on any atom is -0.492 e. The summed E-state index contributed by atoms with van der Waals surface area (Å²) in [4.78, 5) is 28.5. The van der Waals surface area contributed by atoms with Crippen LogP contribution in [-0.2, 0) is 0 Å². The first kappa shape index (κ1) is 19.6. The van der Waals surface area contributed by atoms with Crippen LogP contribution in [0.25, 0.3) is 16.7 Å². The number of hydrogen-bond donors (Lipinski definition) is 2. The van der Waals surface area contributed by atoms with Crippen LogP contribution in [0.15, 0.2) is 54.0 Å². The number of nitrogens with zero attached hydrogens (tertiary/aromatic N) is 4. The van der Waals surface area contributed by atoms with Crippen molar-refractivity contribution < 1.29 is 4.74 Å². The van der Waals surface area contributed by atoms with Gasteiger partial charge in [-0.05, 0) is 43.9 Å². The van der Waals surface area contributed by atoms with Crippen molar-refractivity contribution in [3.8, 4) is 11.6 Å². The van der Waals surface area contributed by atoms with E-state index in [-0.39, 0.29) is 11.6 Å². The van der Waals surface area contributed by atoms with Crippen molar-refractivity contribution >= 4 is 28.5 Å². The molecule has 0 bridgehead atoms. The van der Waals surface area contributed by atoms with Gasteiger partial charge in [0, 0.05) is 35.6 Å². The number of aromatic nitrogens is 5. The number of hydrogen-bond acceptors (Lipinski definition) is 6. The van der Waals surface area contributed by atoms with Gasteiger partial charge in [-0.25, -0.2) is 9.97 Å². The van der Waals surface area contributed by atoms with Crippen LogP contribution in [-0.4, -0.2) is 31.1 Å². The summed E-state index contributed by atoms with van der Waals surface area (Å²) in [5, 5.41) is 4.56. The van der Waals surface area contributed by atoms with Crippen LogP contribution < -0.4 is 15.6 Å². The summed E-state index contributed by atoms with van der Waals surface area (Å²) >= 11 is 6.41. The van der Waals surface area contributed by atoms with E-state index in [9.17, 15) is 4.79 Å². The lowest BCUT2D eigenvalue weighted by Crippen LogP contribution is -2.20. The Morgan fingerprint density at radius 3 is 2.97 bits per heavy atom. The Bertz CT molecular complexity index is 1280. The van der Waals surface area contributed by atoms with Gasteiger partial charge in [-0.15, -0.1) is 0 Å². The summed E-state index contributed by atoms with van der Waals surface area (Å²) in [5.41, 5.74) is 1.06. The molecule has 2 N–H and O–H groups in total. The zero-order valence-corrected chi connectivity index (χ0v) is 17.6. The molecule has 1 aliphatic carbocycles. The van der Waals surface area contributed by atoms with E-state index in [1.54, 1.807) is 41.6 Å². The lowest BCUT2D eigenvalue weighted by atomic mass is 10.1. The summed E-state index contributed by atoms with van der Waals surface area (Å²) < 4.78 is 7.60. The van der Waals surface area contributed by atoms with Crippen LogP contribution in [0.3, 0.4) is 0 Å². The Hall–Kier alpha value is -3.39. The van der Waals surface area contributed by atoms with Gasteiger partial charge < -0.3 is 15.0 Å². The molecule has 0 amide bonds. The van der Waals surface area contributed by atoms with Crippen molar-refractivity contribution in [1.29, 1.82) is 0 Å². The number of benzene rings is 1. The molecule has 158 valence electrons. The molecule has 1 aromatic carbocycles. The van der Waals surface area contributed by atoms with Gasteiger partial charge in [0.25, 0.3) is 5.56 Å². The van der Waals surface area contributed by atoms with E-state index in [1.165, 1.54) is 12.8 Å². The van der Waals surface area contributed by atoms with E-state index in [0.29, 0.717) is 46.1 Å². The summed E-state index contributed by atoms with van der Waals surface area (Å²) in [7, 11) is 0. The second kappa shape index (κ2) is 8.03. The van der Waals surface area contributed by atoms with Gasteiger partial charge in [0.05, 0.1) is 23.2 Å². The number of imidazole rings is 1. The SMILES string of the molecule is C[C@H](Nc1nccc(-n2ccnc2)n1)c1cc2cc(Cl)c(OCC3CC3)cc2[nH]c1=O. The molecule has 8 nitrogen and oxygen atoms in total. The van der Waals surface area contributed by atoms with Crippen molar-refractivity contribution in [2.75, 3.05) is 11.9 Å². The summed E-state index contributed by atoms with van der Waals surface area (Å²) in [6.45, 7) is 2.55. The Balaban J connectivity index is 1.40. The minimum atomic E-state index is -0.323. The number of ether oxygens (including phenoxy) is 1. The highest BCUT2D eigenvalue weighted by atomic mass is 35.5. The zero-order chi connectivity index (χ0) is 21.4. The third kappa shape index (κ3) is 4.25. The highest BCUT2D eigenvalue weighted by Gasteiger charge is 2.22. The fraction of sp³-hybridized carbons (Fsp3) is 0.273. The average molecular weight is 437 g/mol. The van der Waals surface area contributed by atoms with Crippen molar-refractivity contribution in [3.05, 3.63) is 70.1 Å². The molecule has 4 aromatic rings. The third-order valence-corrected chi connectivity index (χ3v) is 5.61. The number of halogens is 1. The normalized spacial score (nSPS) is 14.5. The van der Waals surface area contributed by atoms with Crippen LogP contribution in [0.1, 0.15) is 31.4 Å². The average Bonchev–Trinajstić information content (AvgIpc) is 3.42. The predicted octanol–water partition coefficient (Wildman–Crippen LogP) is 4.12. The second-order valence-electron chi connectivity index (χ2n) is 7.75. The monoisotopic (exact) mass is 436 g/mol. The summed E-state index contributed by atoms with van der Waals surface area (Å²) in [6, 6.07) is 6.91. The molecule has 9 heteroatoms. The van der Waals surface area contributed by atoms with Gasteiger partial charge in [0.2, 0.25) is 5.95 Å². The number of aromatic amines is 1. The molecule has 0 radical (unpaired) electrons. The van der Waals surface area contributed by atoms with Crippen molar-refractivity contribution in [1.82, 2.24) is 24.5 Å². The lowest BCUT2D eigenvalue weighted by Gasteiger charge is -2.15. The van der Waals surface area contributed by atoms with E-state index in [2.05, 4.69) is 25.3 Å². The summed E-state index contributed by atoms with van der Waals surface area (Å²) in [5.74, 6) is 2.31. The largest absolute Gasteiger partial charge is 0.492 e.